The summed E-state index contributed by atoms with van der Waals surface area (Å²) in [4.78, 5) is 25.9. The molecule has 1 unspecified atom stereocenters. The van der Waals surface area contributed by atoms with E-state index in [0.717, 1.165) is 44.9 Å². The van der Waals surface area contributed by atoms with Crippen LogP contribution in [0.25, 0.3) is 15.8 Å². The zero-order valence-corrected chi connectivity index (χ0v) is 28.3. The molecular weight excluding hydrogens is 654 g/mol. The third kappa shape index (κ3) is 6.23. The molecule has 3 N–H and O–H groups in total. The summed E-state index contributed by atoms with van der Waals surface area (Å²) < 4.78 is 21.8. The van der Waals surface area contributed by atoms with Crippen molar-refractivity contribution in [2.45, 2.75) is 38.7 Å². The molecule has 11 nitrogen and oxygen atoms in total. The molecule has 1 aliphatic carbocycles. The monoisotopic (exact) mass is 687 g/mol. The minimum Gasteiger partial charge on any atom is -0.490 e. The predicted octanol–water partition coefficient (Wildman–Crippen LogP) is 6.52. The molecule has 2 aromatic carbocycles. The first-order valence-corrected chi connectivity index (χ1v) is 17.3. The normalized spacial score (nSPS) is 15.5. The van der Waals surface area contributed by atoms with Gasteiger partial charge < -0.3 is 30.1 Å². The number of carboxylic acid groups (broad SMARTS) is 1. The van der Waals surface area contributed by atoms with Gasteiger partial charge in [0.1, 0.15) is 0 Å². The van der Waals surface area contributed by atoms with Crippen LogP contribution < -0.4 is 15.0 Å². The van der Waals surface area contributed by atoms with Crippen LogP contribution >= 0.6 is 22.7 Å². The van der Waals surface area contributed by atoms with Gasteiger partial charge in [-0.2, -0.15) is 0 Å². The Morgan fingerprint density at radius 1 is 1.19 bits per heavy atom. The largest absolute Gasteiger partial charge is 0.490 e. The number of aryl methyl sites for hydroxylation is 1. The second-order valence-corrected chi connectivity index (χ2v) is 14.2. The lowest BCUT2D eigenvalue weighted by Crippen LogP contribution is -2.27. The number of fused-ring (bicyclic) bond motifs is 3. The second-order valence-electron chi connectivity index (χ2n) is 12.1. The first kappa shape index (κ1) is 32.1. The van der Waals surface area contributed by atoms with Crippen molar-refractivity contribution in [3.05, 3.63) is 81.1 Å². The smallest absolute Gasteiger partial charge is 0.355 e. The van der Waals surface area contributed by atoms with Crippen LogP contribution in [0, 0.1) is 12.7 Å². The Bertz CT molecular complexity index is 2030. The number of rotatable bonds is 11. The maximum atomic E-state index is 15.0. The highest BCUT2D eigenvalue weighted by molar-refractivity contribution is 7.22. The Morgan fingerprint density at radius 2 is 2.02 bits per heavy atom. The Balaban J connectivity index is 1.04. The molecule has 0 bridgehead atoms. The van der Waals surface area contributed by atoms with Gasteiger partial charge in [-0.25, -0.2) is 19.2 Å². The number of para-hydroxylation sites is 1. The molecule has 4 heterocycles. The molecule has 3 aromatic heterocycles. The summed E-state index contributed by atoms with van der Waals surface area (Å²) in [6, 6.07) is 10.9. The third-order valence-corrected chi connectivity index (χ3v) is 10.5. The number of nitrogens with zero attached hydrogens (tertiary/aromatic N) is 6. The number of hydrogen-bond acceptors (Lipinski definition) is 12. The summed E-state index contributed by atoms with van der Waals surface area (Å²) in [7, 11) is 3.84. The fourth-order valence-corrected chi connectivity index (χ4v) is 8.15. The average molecular weight is 688 g/mol. The highest BCUT2D eigenvalue weighted by Crippen LogP contribution is 2.40. The quantitative estimate of drug-likeness (QED) is 0.131. The van der Waals surface area contributed by atoms with Gasteiger partial charge in [-0.3, -0.25) is 0 Å². The van der Waals surface area contributed by atoms with Gasteiger partial charge in [-0.1, -0.05) is 23.5 Å². The van der Waals surface area contributed by atoms with Crippen LogP contribution in [0.1, 0.15) is 56.6 Å². The van der Waals surface area contributed by atoms with Gasteiger partial charge in [0.05, 0.1) is 22.9 Å². The van der Waals surface area contributed by atoms with Gasteiger partial charge >= 0.3 is 5.97 Å². The maximum absolute atomic E-state index is 15.0. The van der Waals surface area contributed by atoms with E-state index in [2.05, 4.69) is 25.5 Å². The summed E-state index contributed by atoms with van der Waals surface area (Å²) in [6.07, 6.45) is 3.41. The summed E-state index contributed by atoms with van der Waals surface area (Å²) in [6.45, 7) is 3.39. The van der Waals surface area contributed by atoms with E-state index in [1.807, 2.05) is 55.1 Å². The van der Waals surface area contributed by atoms with E-state index in [-0.39, 0.29) is 18.1 Å². The molecule has 14 heteroatoms. The van der Waals surface area contributed by atoms with E-state index in [1.54, 1.807) is 23.5 Å². The summed E-state index contributed by atoms with van der Waals surface area (Å²) in [5.41, 5.74) is 5.08. The fourth-order valence-electron chi connectivity index (χ4n) is 6.17. The number of hydrogen-bond donors (Lipinski definition) is 3. The lowest BCUT2D eigenvalue weighted by molar-refractivity contribution is 0.0690. The number of thiazole rings is 2. The summed E-state index contributed by atoms with van der Waals surface area (Å²) in [5, 5.41) is 34.2. The first-order chi connectivity index (χ1) is 23.2. The third-order valence-electron chi connectivity index (χ3n) is 8.45. The van der Waals surface area contributed by atoms with E-state index in [4.69, 9.17) is 4.74 Å². The number of aliphatic hydroxyl groups is 1. The predicted molar refractivity (Wildman–Crippen MR) is 186 cm³/mol. The van der Waals surface area contributed by atoms with Gasteiger partial charge in [0, 0.05) is 29.1 Å². The van der Waals surface area contributed by atoms with Crippen molar-refractivity contribution in [3.8, 4) is 5.75 Å². The Kier molecular flexibility index (Phi) is 8.81. The highest BCUT2D eigenvalue weighted by Gasteiger charge is 2.29. The number of aromatic nitrogens is 4. The molecule has 5 aromatic rings. The molecular formula is C34H34FN7O4S2. The van der Waals surface area contributed by atoms with Crippen LogP contribution in [-0.4, -0.2) is 75.0 Å². The number of ether oxygens (including phenoxy) is 1. The minimum atomic E-state index is -1.11. The topological polar surface area (TPSA) is 137 Å². The lowest BCUT2D eigenvalue weighted by Gasteiger charge is -2.28. The molecule has 0 spiro atoms. The van der Waals surface area contributed by atoms with Crippen LogP contribution in [0.2, 0.25) is 0 Å². The van der Waals surface area contributed by atoms with Gasteiger partial charge in [-0.15, -0.1) is 21.5 Å². The number of aromatic carboxylic acids is 1. The van der Waals surface area contributed by atoms with E-state index in [0.29, 0.717) is 58.7 Å². The van der Waals surface area contributed by atoms with Crippen molar-refractivity contribution in [2.24, 2.45) is 0 Å². The van der Waals surface area contributed by atoms with Crippen molar-refractivity contribution >= 4 is 66.3 Å². The van der Waals surface area contributed by atoms with Crippen molar-refractivity contribution in [3.63, 3.8) is 0 Å². The standard InChI is InChI=1S/C34H34FN7O4S2/c1-18-20-8-6-12-42(31(20)40-39-30(18)38-33-36-24-9-4-5-10-27(24)47-33)34-37-29(32(44)45)28(48-34)11-7-13-46-26-16-22-21(15-23(26)35)19(14-25(22)43)17-41(2)3/h4-5,9-10,14-16,25,43H,6-8,11-13,17H2,1-3H3,(H,44,45)(H,36,38,39). The molecule has 0 saturated carbocycles. The molecule has 48 heavy (non-hydrogen) atoms. The van der Waals surface area contributed by atoms with E-state index >= 15 is 0 Å². The summed E-state index contributed by atoms with van der Waals surface area (Å²) >= 11 is 2.86. The molecule has 7 rings (SSSR count). The van der Waals surface area contributed by atoms with Crippen molar-refractivity contribution in [1.82, 2.24) is 25.1 Å². The molecule has 1 atom stereocenters. The number of carboxylic acids is 1. The molecule has 1 aliphatic heterocycles. The van der Waals surface area contributed by atoms with E-state index in [1.165, 1.54) is 17.4 Å². The molecule has 0 saturated heterocycles. The molecule has 0 amide bonds. The molecule has 2 aliphatic rings. The molecule has 0 radical (unpaired) electrons. The van der Waals surface area contributed by atoms with Crippen LogP contribution in [0.5, 0.6) is 5.75 Å². The van der Waals surface area contributed by atoms with Crippen molar-refractivity contribution < 1.29 is 24.1 Å². The number of aliphatic hydroxyl groups excluding tert-OH is 1. The Morgan fingerprint density at radius 3 is 2.81 bits per heavy atom. The molecule has 0 fully saturated rings. The number of carbonyl (C=O) groups is 1. The van der Waals surface area contributed by atoms with Crippen molar-refractivity contribution in [2.75, 3.05) is 44.0 Å². The molecule has 248 valence electrons. The van der Waals surface area contributed by atoms with Gasteiger partial charge in [0.15, 0.2) is 39.2 Å². The number of benzene rings is 2. The lowest BCUT2D eigenvalue weighted by atomic mass is 10.0. The number of anilines is 4. The maximum Gasteiger partial charge on any atom is 0.355 e. The minimum absolute atomic E-state index is 0.00717. The average Bonchev–Trinajstić information content (AvgIpc) is 3.75. The fraction of sp³-hybridized carbons (Fsp3) is 0.324. The number of likely N-dealkylation sites (N-methyl/N-ethyl adjacent to an activating group) is 1. The second kappa shape index (κ2) is 13.2. The summed E-state index contributed by atoms with van der Waals surface area (Å²) in [5.74, 6) is -0.237. The zero-order valence-electron chi connectivity index (χ0n) is 26.7. The van der Waals surface area contributed by atoms with Gasteiger partial charge in [-0.05, 0) is 93.7 Å². The SMILES string of the molecule is Cc1c(Nc2nc3ccccc3s2)nnc2c1CCCN2c1nc(C(=O)O)c(CCCOc2cc3c(cc2F)C(CN(C)C)=CC3O)s1. The Labute approximate surface area is 284 Å². The van der Waals surface area contributed by atoms with Crippen LogP contribution in [-0.2, 0) is 12.8 Å². The number of nitrogens with one attached hydrogen (secondary N) is 1. The van der Waals surface area contributed by atoms with E-state index < -0.39 is 17.9 Å². The highest BCUT2D eigenvalue weighted by atomic mass is 32.1. The van der Waals surface area contributed by atoms with Crippen LogP contribution in [0.4, 0.5) is 26.3 Å². The van der Waals surface area contributed by atoms with Gasteiger partial charge in [0.2, 0.25) is 0 Å². The van der Waals surface area contributed by atoms with Gasteiger partial charge in [0.25, 0.3) is 0 Å². The van der Waals surface area contributed by atoms with Crippen molar-refractivity contribution in [1.29, 1.82) is 0 Å². The first-order valence-electron chi connectivity index (χ1n) is 15.7. The van der Waals surface area contributed by atoms with Crippen LogP contribution in [0.15, 0.2) is 42.5 Å². The van der Waals surface area contributed by atoms with Crippen LogP contribution in [0.3, 0.4) is 0 Å². The number of halogens is 1. The zero-order chi connectivity index (χ0) is 33.5. The Hall–Kier alpha value is -4.50. The van der Waals surface area contributed by atoms with E-state index in [9.17, 15) is 19.4 Å².